The van der Waals surface area contributed by atoms with E-state index in [2.05, 4.69) is 32.9 Å². The Labute approximate surface area is 125 Å². The summed E-state index contributed by atoms with van der Waals surface area (Å²) < 4.78 is 1.90. The van der Waals surface area contributed by atoms with Gasteiger partial charge in [-0.3, -0.25) is 9.67 Å². The van der Waals surface area contributed by atoms with Crippen LogP contribution in [0.4, 0.5) is 0 Å². The van der Waals surface area contributed by atoms with Crippen LogP contribution in [0.1, 0.15) is 12.8 Å². The summed E-state index contributed by atoms with van der Waals surface area (Å²) in [6, 6.07) is 2.42. The van der Waals surface area contributed by atoms with Gasteiger partial charge in [0.1, 0.15) is 0 Å². The summed E-state index contributed by atoms with van der Waals surface area (Å²) in [5.41, 5.74) is 0. The Morgan fingerprint density at radius 3 is 2.83 bits per heavy atom. The lowest BCUT2D eigenvalue weighted by Gasteiger charge is -2.16. The van der Waals surface area contributed by atoms with E-state index in [0.717, 1.165) is 31.9 Å². The molecule has 0 atom stereocenters. The smallest absolute Gasteiger partial charge is 0.191 e. The molecule has 2 N–H and O–H groups in total. The van der Waals surface area contributed by atoms with E-state index in [4.69, 9.17) is 0 Å². The van der Waals surface area contributed by atoms with Gasteiger partial charge in [0.2, 0.25) is 0 Å². The summed E-state index contributed by atoms with van der Waals surface area (Å²) in [7, 11) is 1.80. The molecule has 0 saturated heterocycles. The van der Waals surface area contributed by atoms with E-state index in [1.807, 2.05) is 16.9 Å². The predicted octanol–water partition coefficient (Wildman–Crippen LogP) is 1.38. The second kappa shape index (κ2) is 8.12. The van der Waals surface area contributed by atoms with E-state index in [0.29, 0.717) is 6.04 Å². The zero-order valence-electron chi connectivity index (χ0n) is 10.5. The van der Waals surface area contributed by atoms with Crippen LogP contribution in [0.25, 0.3) is 0 Å². The van der Waals surface area contributed by atoms with Crippen LogP contribution in [0, 0.1) is 0 Å². The van der Waals surface area contributed by atoms with Gasteiger partial charge < -0.3 is 10.6 Å². The summed E-state index contributed by atoms with van der Waals surface area (Å²) in [5, 5.41) is 10.8. The molecule has 0 aliphatic heterocycles. The lowest BCUT2D eigenvalue weighted by atomic mass is 10.2. The molecule has 1 aliphatic carbocycles. The maximum atomic E-state index is 4.21. The Balaban J connectivity index is 0.00000162. The molecule has 0 aromatic carbocycles. The summed E-state index contributed by atoms with van der Waals surface area (Å²) in [4.78, 5) is 4.21. The lowest BCUT2D eigenvalue weighted by Crippen LogP contribution is -2.43. The number of nitrogens with zero attached hydrogens (tertiary/aromatic N) is 3. The minimum Gasteiger partial charge on any atom is -0.355 e. The van der Waals surface area contributed by atoms with Crippen LogP contribution < -0.4 is 10.6 Å². The van der Waals surface area contributed by atoms with Crippen molar-refractivity contribution in [3.05, 3.63) is 30.6 Å². The number of nitrogens with one attached hydrogen (secondary N) is 2. The van der Waals surface area contributed by atoms with Crippen LogP contribution in [0.2, 0.25) is 0 Å². The van der Waals surface area contributed by atoms with Crippen molar-refractivity contribution in [2.24, 2.45) is 4.99 Å². The van der Waals surface area contributed by atoms with E-state index in [-0.39, 0.29) is 24.0 Å². The number of guanidine groups is 1. The van der Waals surface area contributed by atoms with Gasteiger partial charge in [0.25, 0.3) is 0 Å². The molecule has 18 heavy (non-hydrogen) atoms. The van der Waals surface area contributed by atoms with Crippen LogP contribution >= 0.6 is 24.0 Å². The van der Waals surface area contributed by atoms with E-state index < -0.39 is 0 Å². The van der Waals surface area contributed by atoms with Gasteiger partial charge in [-0.15, -0.1) is 24.0 Å². The fourth-order valence-corrected chi connectivity index (χ4v) is 1.84. The van der Waals surface area contributed by atoms with Crippen molar-refractivity contribution in [1.82, 2.24) is 20.4 Å². The number of hydrogen-bond acceptors (Lipinski definition) is 2. The van der Waals surface area contributed by atoms with Gasteiger partial charge in [-0.25, -0.2) is 0 Å². The second-order valence-electron chi connectivity index (χ2n) is 4.05. The van der Waals surface area contributed by atoms with Gasteiger partial charge in [0, 0.05) is 32.0 Å². The highest BCUT2D eigenvalue weighted by Crippen LogP contribution is 2.08. The summed E-state index contributed by atoms with van der Waals surface area (Å²) in [6.07, 6.45) is 10.3. The van der Waals surface area contributed by atoms with Crippen molar-refractivity contribution in [3.8, 4) is 0 Å². The zero-order valence-corrected chi connectivity index (χ0v) is 12.9. The third-order valence-corrected chi connectivity index (χ3v) is 2.76. The van der Waals surface area contributed by atoms with Crippen molar-refractivity contribution < 1.29 is 0 Å². The molecule has 0 spiro atoms. The molecule has 100 valence electrons. The fraction of sp³-hybridized carbons (Fsp3) is 0.500. The molecule has 1 aliphatic rings. The van der Waals surface area contributed by atoms with Gasteiger partial charge in [-0.05, 0) is 18.9 Å². The molecule has 5 nitrogen and oxygen atoms in total. The first-order chi connectivity index (χ1) is 8.38. The summed E-state index contributed by atoms with van der Waals surface area (Å²) in [5.74, 6) is 0.867. The third-order valence-electron chi connectivity index (χ3n) is 2.76. The average Bonchev–Trinajstić information content (AvgIpc) is 3.00. The Morgan fingerprint density at radius 2 is 2.22 bits per heavy atom. The van der Waals surface area contributed by atoms with Gasteiger partial charge in [-0.2, -0.15) is 5.10 Å². The van der Waals surface area contributed by atoms with Crippen molar-refractivity contribution in [2.45, 2.75) is 25.4 Å². The Hall–Kier alpha value is -1.05. The third kappa shape index (κ3) is 4.67. The van der Waals surface area contributed by atoms with Crippen LogP contribution in [0.15, 0.2) is 35.6 Å². The lowest BCUT2D eigenvalue weighted by molar-refractivity contribution is 0.584. The molecule has 0 unspecified atom stereocenters. The zero-order chi connectivity index (χ0) is 11.9. The fourth-order valence-electron chi connectivity index (χ4n) is 1.84. The van der Waals surface area contributed by atoms with Crippen molar-refractivity contribution in [2.75, 3.05) is 13.6 Å². The average molecular weight is 361 g/mol. The number of aliphatic imine (C=N–C) groups is 1. The standard InChI is InChI=1S/C12H19N5.HI/c1-13-12(16-11-5-2-3-6-11)14-8-10-17-9-4-7-15-17;/h2-4,7,9,11H,5-6,8,10H2,1H3,(H2,13,14,16);1H. The van der Waals surface area contributed by atoms with Crippen molar-refractivity contribution in [3.63, 3.8) is 0 Å². The van der Waals surface area contributed by atoms with Crippen LogP contribution in [0.5, 0.6) is 0 Å². The van der Waals surface area contributed by atoms with E-state index in [1.165, 1.54) is 0 Å². The van der Waals surface area contributed by atoms with Crippen molar-refractivity contribution in [1.29, 1.82) is 0 Å². The van der Waals surface area contributed by atoms with E-state index >= 15 is 0 Å². The minimum absolute atomic E-state index is 0. The highest BCUT2D eigenvalue weighted by molar-refractivity contribution is 14.0. The van der Waals surface area contributed by atoms with Crippen LogP contribution in [-0.4, -0.2) is 35.4 Å². The Bertz CT molecular complexity index is 377. The predicted molar refractivity (Wildman–Crippen MR) is 84.3 cm³/mol. The first-order valence-electron chi connectivity index (χ1n) is 5.98. The summed E-state index contributed by atoms with van der Waals surface area (Å²) >= 11 is 0. The number of halogens is 1. The number of hydrogen-bond donors (Lipinski definition) is 2. The van der Waals surface area contributed by atoms with Crippen LogP contribution in [-0.2, 0) is 6.54 Å². The number of aromatic nitrogens is 2. The van der Waals surface area contributed by atoms with Gasteiger partial charge in [-0.1, -0.05) is 12.2 Å². The molecule has 1 aromatic rings. The van der Waals surface area contributed by atoms with E-state index in [1.54, 1.807) is 13.2 Å². The molecule has 0 amide bonds. The summed E-state index contributed by atoms with van der Waals surface area (Å²) in [6.45, 7) is 1.66. The molecule has 1 aromatic heterocycles. The SMILES string of the molecule is CN=C(NCCn1cccn1)NC1CC=CC1.I. The maximum absolute atomic E-state index is 4.21. The molecular formula is C12H20IN5. The quantitative estimate of drug-likeness (QED) is 0.369. The molecule has 6 heteroatoms. The van der Waals surface area contributed by atoms with Gasteiger partial charge in [0.05, 0.1) is 6.54 Å². The first kappa shape index (κ1) is 15.0. The molecule has 0 fully saturated rings. The normalized spacial score (nSPS) is 15.5. The molecule has 0 radical (unpaired) electrons. The molecule has 0 bridgehead atoms. The number of rotatable bonds is 4. The largest absolute Gasteiger partial charge is 0.355 e. The Morgan fingerprint density at radius 1 is 1.44 bits per heavy atom. The maximum Gasteiger partial charge on any atom is 0.191 e. The monoisotopic (exact) mass is 361 g/mol. The molecule has 0 saturated carbocycles. The highest BCUT2D eigenvalue weighted by Gasteiger charge is 2.10. The molecular weight excluding hydrogens is 341 g/mol. The molecule has 2 rings (SSSR count). The minimum atomic E-state index is 0. The van der Waals surface area contributed by atoms with Gasteiger partial charge >= 0.3 is 0 Å². The van der Waals surface area contributed by atoms with Gasteiger partial charge in [0.15, 0.2) is 5.96 Å². The van der Waals surface area contributed by atoms with Crippen molar-refractivity contribution >= 4 is 29.9 Å². The Kier molecular flexibility index (Phi) is 6.77. The highest BCUT2D eigenvalue weighted by atomic mass is 127. The second-order valence-corrected chi connectivity index (χ2v) is 4.05. The van der Waals surface area contributed by atoms with Crippen LogP contribution in [0.3, 0.4) is 0 Å². The molecule has 1 heterocycles. The topological polar surface area (TPSA) is 54.2 Å². The first-order valence-corrected chi connectivity index (χ1v) is 5.98. The van der Waals surface area contributed by atoms with E-state index in [9.17, 15) is 0 Å².